The molecule has 1 N–H and O–H groups in total. The zero-order valence-electron chi connectivity index (χ0n) is 19.6. The summed E-state index contributed by atoms with van der Waals surface area (Å²) in [5.41, 5.74) is 1.89. The Labute approximate surface area is 180 Å². The number of unbranched alkanes of at least 4 members (excludes halogenated alkanes) is 1. The van der Waals surface area contributed by atoms with Crippen molar-refractivity contribution in [3.05, 3.63) is 22.5 Å². The number of hydrogen-bond donors (Lipinski definition) is 1. The highest BCUT2D eigenvalue weighted by atomic mass is 16.5. The molecule has 1 aromatic rings. The van der Waals surface area contributed by atoms with E-state index in [9.17, 15) is 14.4 Å². The SMILES string of the molecule is CCCC[C@H](CC)C(=O)N(CCOC)[C@@H](C)C(=O)c1c(C)[nH]c(C(=O)OCC)c1C. The zero-order chi connectivity index (χ0) is 22.8. The number of aryl methyl sites for hydroxylation is 1. The zero-order valence-corrected chi connectivity index (χ0v) is 19.6. The predicted octanol–water partition coefficient (Wildman–Crippen LogP) is 4.07. The first-order chi connectivity index (χ1) is 14.2. The van der Waals surface area contributed by atoms with Crippen LogP contribution in [0.25, 0.3) is 0 Å². The largest absolute Gasteiger partial charge is 0.461 e. The smallest absolute Gasteiger partial charge is 0.355 e. The molecule has 30 heavy (non-hydrogen) atoms. The van der Waals surface area contributed by atoms with Crippen LogP contribution in [0, 0.1) is 19.8 Å². The second-order valence-corrected chi connectivity index (χ2v) is 7.66. The van der Waals surface area contributed by atoms with E-state index in [1.54, 1.807) is 39.7 Å². The summed E-state index contributed by atoms with van der Waals surface area (Å²) in [7, 11) is 1.58. The van der Waals surface area contributed by atoms with E-state index in [1.807, 2.05) is 6.92 Å². The van der Waals surface area contributed by atoms with Gasteiger partial charge in [0.2, 0.25) is 5.91 Å². The number of nitrogens with one attached hydrogen (secondary N) is 1. The van der Waals surface area contributed by atoms with Gasteiger partial charge in [-0.2, -0.15) is 0 Å². The number of carbonyl (C=O) groups excluding carboxylic acids is 3. The average Bonchev–Trinajstić information content (AvgIpc) is 3.02. The Balaban J connectivity index is 3.21. The van der Waals surface area contributed by atoms with Crippen LogP contribution in [0.2, 0.25) is 0 Å². The lowest BCUT2D eigenvalue weighted by atomic mass is 9.95. The number of Topliss-reactive ketones (excluding diaryl/α,β-unsaturated/α-hetero) is 1. The second kappa shape index (κ2) is 12.5. The molecular formula is C23H38N2O5. The molecule has 7 heteroatoms. The van der Waals surface area contributed by atoms with Crippen LogP contribution >= 0.6 is 0 Å². The maximum Gasteiger partial charge on any atom is 0.355 e. The third-order valence-corrected chi connectivity index (χ3v) is 5.58. The minimum absolute atomic E-state index is 0.0136. The minimum Gasteiger partial charge on any atom is -0.461 e. The molecule has 0 aliphatic carbocycles. The van der Waals surface area contributed by atoms with Crippen LogP contribution in [0.1, 0.15) is 85.5 Å². The second-order valence-electron chi connectivity index (χ2n) is 7.66. The van der Waals surface area contributed by atoms with Gasteiger partial charge < -0.3 is 19.4 Å². The molecule has 0 aliphatic rings. The van der Waals surface area contributed by atoms with Crippen LogP contribution in [0.15, 0.2) is 0 Å². The number of ketones is 1. The van der Waals surface area contributed by atoms with Crippen molar-refractivity contribution < 1.29 is 23.9 Å². The van der Waals surface area contributed by atoms with Gasteiger partial charge in [-0.15, -0.1) is 0 Å². The molecule has 0 radical (unpaired) electrons. The lowest BCUT2D eigenvalue weighted by molar-refractivity contribution is -0.137. The molecule has 0 bridgehead atoms. The number of carbonyl (C=O) groups is 3. The van der Waals surface area contributed by atoms with Gasteiger partial charge in [0.05, 0.1) is 19.3 Å². The molecule has 1 amide bonds. The van der Waals surface area contributed by atoms with Crippen molar-refractivity contribution in [3.63, 3.8) is 0 Å². The van der Waals surface area contributed by atoms with Crippen LogP contribution in [0.3, 0.4) is 0 Å². The highest BCUT2D eigenvalue weighted by molar-refractivity contribution is 6.06. The molecule has 1 heterocycles. The molecule has 1 aromatic heterocycles. The van der Waals surface area contributed by atoms with E-state index in [-0.39, 0.29) is 29.9 Å². The molecule has 0 saturated heterocycles. The molecule has 0 saturated carbocycles. The molecular weight excluding hydrogens is 384 g/mol. The van der Waals surface area contributed by atoms with E-state index in [2.05, 4.69) is 11.9 Å². The molecule has 1 rings (SSSR count). The molecule has 7 nitrogen and oxygen atoms in total. The number of esters is 1. The van der Waals surface area contributed by atoms with Crippen molar-refractivity contribution in [1.29, 1.82) is 0 Å². The highest BCUT2D eigenvalue weighted by Gasteiger charge is 2.33. The van der Waals surface area contributed by atoms with Gasteiger partial charge in [-0.3, -0.25) is 9.59 Å². The van der Waals surface area contributed by atoms with Gasteiger partial charge >= 0.3 is 5.97 Å². The van der Waals surface area contributed by atoms with Crippen molar-refractivity contribution >= 4 is 17.7 Å². The summed E-state index contributed by atoms with van der Waals surface area (Å²) >= 11 is 0. The number of ether oxygens (including phenoxy) is 2. The average molecular weight is 423 g/mol. The first-order valence-electron chi connectivity index (χ1n) is 10.9. The Morgan fingerprint density at radius 2 is 1.80 bits per heavy atom. The number of aromatic amines is 1. The molecule has 0 spiro atoms. The van der Waals surface area contributed by atoms with Crippen LogP contribution in [-0.4, -0.2) is 60.5 Å². The van der Waals surface area contributed by atoms with E-state index >= 15 is 0 Å². The van der Waals surface area contributed by atoms with E-state index in [0.29, 0.717) is 30.0 Å². The fourth-order valence-corrected chi connectivity index (χ4v) is 3.75. The first-order valence-corrected chi connectivity index (χ1v) is 10.9. The lowest BCUT2D eigenvalue weighted by Crippen LogP contribution is -2.47. The Morgan fingerprint density at radius 1 is 1.13 bits per heavy atom. The number of aromatic nitrogens is 1. The number of hydrogen-bond acceptors (Lipinski definition) is 5. The summed E-state index contributed by atoms with van der Waals surface area (Å²) in [5.74, 6) is -0.796. The first kappa shape index (κ1) is 25.9. The lowest BCUT2D eigenvalue weighted by Gasteiger charge is -2.31. The minimum atomic E-state index is -0.661. The summed E-state index contributed by atoms with van der Waals surface area (Å²) < 4.78 is 10.3. The summed E-state index contributed by atoms with van der Waals surface area (Å²) in [5, 5.41) is 0. The van der Waals surface area contributed by atoms with Gasteiger partial charge in [-0.25, -0.2) is 4.79 Å². The summed E-state index contributed by atoms with van der Waals surface area (Å²) in [6.45, 7) is 12.0. The Bertz CT molecular complexity index is 725. The maximum absolute atomic E-state index is 13.4. The highest BCUT2D eigenvalue weighted by Crippen LogP contribution is 2.24. The maximum atomic E-state index is 13.4. The van der Waals surface area contributed by atoms with Crippen molar-refractivity contribution in [2.24, 2.45) is 5.92 Å². The van der Waals surface area contributed by atoms with E-state index in [4.69, 9.17) is 9.47 Å². The summed E-state index contributed by atoms with van der Waals surface area (Å²) in [6, 6.07) is -0.661. The summed E-state index contributed by atoms with van der Waals surface area (Å²) in [4.78, 5) is 43.5. The third-order valence-electron chi connectivity index (χ3n) is 5.58. The summed E-state index contributed by atoms with van der Waals surface area (Å²) in [6.07, 6.45) is 3.54. The Hall–Kier alpha value is -2.15. The van der Waals surface area contributed by atoms with Crippen molar-refractivity contribution in [1.82, 2.24) is 9.88 Å². The number of amides is 1. The van der Waals surface area contributed by atoms with Gasteiger partial charge in [0, 0.05) is 30.8 Å². The Morgan fingerprint density at radius 3 is 2.33 bits per heavy atom. The molecule has 0 aromatic carbocycles. The van der Waals surface area contributed by atoms with Crippen LogP contribution < -0.4 is 0 Å². The van der Waals surface area contributed by atoms with Crippen molar-refractivity contribution in [3.8, 4) is 0 Å². The molecule has 0 unspecified atom stereocenters. The normalized spacial score (nSPS) is 13.0. The Kier molecular flexibility index (Phi) is 10.8. The monoisotopic (exact) mass is 422 g/mol. The standard InChI is InChI=1S/C23H38N2O5/c1-8-11-12-18(9-2)22(27)25(13-14-29-7)17(6)21(26)19-15(4)20(24-16(19)5)23(28)30-10-3/h17-18,24H,8-14H2,1-7H3/t17-,18-/m0/s1. The third kappa shape index (κ3) is 6.17. The molecule has 0 aliphatic heterocycles. The van der Waals surface area contributed by atoms with Gasteiger partial charge in [-0.05, 0) is 46.1 Å². The van der Waals surface area contributed by atoms with Gasteiger partial charge in [0.15, 0.2) is 5.78 Å². The molecule has 0 fully saturated rings. The van der Waals surface area contributed by atoms with Crippen LogP contribution in [0.4, 0.5) is 0 Å². The fourth-order valence-electron chi connectivity index (χ4n) is 3.75. The molecule has 2 atom stereocenters. The van der Waals surface area contributed by atoms with Crippen LogP contribution in [0.5, 0.6) is 0 Å². The number of H-pyrrole nitrogens is 1. The number of nitrogens with zero attached hydrogens (tertiary/aromatic N) is 1. The van der Waals surface area contributed by atoms with Gasteiger partial charge in [0.25, 0.3) is 0 Å². The molecule has 170 valence electrons. The van der Waals surface area contributed by atoms with Crippen molar-refractivity contribution in [2.45, 2.75) is 73.3 Å². The van der Waals surface area contributed by atoms with E-state index in [1.165, 1.54) is 0 Å². The van der Waals surface area contributed by atoms with Gasteiger partial charge in [-0.1, -0.05) is 26.7 Å². The van der Waals surface area contributed by atoms with Crippen molar-refractivity contribution in [2.75, 3.05) is 26.9 Å². The predicted molar refractivity (Wildman–Crippen MR) is 117 cm³/mol. The topological polar surface area (TPSA) is 88.7 Å². The van der Waals surface area contributed by atoms with E-state index < -0.39 is 12.0 Å². The van der Waals surface area contributed by atoms with Gasteiger partial charge in [0.1, 0.15) is 5.69 Å². The fraction of sp³-hybridized carbons (Fsp3) is 0.696. The number of rotatable bonds is 13. The number of methoxy groups -OCH3 is 1. The quantitative estimate of drug-likeness (QED) is 0.382. The van der Waals surface area contributed by atoms with Crippen LogP contribution in [-0.2, 0) is 14.3 Å². The van der Waals surface area contributed by atoms with E-state index in [0.717, 1.165) is 25.7 Å².